The molecule has 1 aromatic rings. The summed E-state index contributed by atoms with van der Waals surface area (Å²) in [7, 11) is 1.41. The Hall–Kier alpha value is -1.36. The van der Waals surface area contributed by atoms with Gasteiger partial charge in [0.05, 0.1) is 19.1 Å². The molecule has 1 aromatic heterocycles. The number of rotatable bonds is 2. The quantitative estimate of drug-likeness (QED) is 0.725. The van der Waals surface area contributed by atoms with E-state index in [9.17, 15) is 4.79 Å². The highest BCUT2D eigenvalue weighted by Gasteiger charge is 2.46. The number of nitrogens with one attached hydrogen (secondary N) is 2. The Labute approximate surface area is 94.6 Å². The number of nitrogens with zero attached hydrogens (tertiary/aromatic N) is 1. The third kappa shape index (κ3) is 1.43. The summed E-state index contributed by atoms with van der Waals surface area (Å²) in [5, 5.41) is 3.32. The molecule has 0 spiro atoms. The maximum Gasteiger partial charge on any atom is 0.332 e. The number of ether oxygens (including phenoxy) is 1. The van der Waals surface area contributed by atoms with Gasteiger partial charge in [-0.3, -0.25) is 5.32 Å². The maximum absolute atomic E-state index is 12.0. The lowest BCUT2D eigenvalue weighted by Gasteiger charge is -2.37. The summed E-state index contributed by atoms with van der Waals surface area (Å²) in [4.78, 5) is 19.4. The minimum atomic E-state index is -0.790. The number of hydrogen-bond acceptors (Lipinski definition) is 4. The van der Waals surface area contributed by atoms with Crippen LogP contribution >= 0.6 is 0 Å². The molecule has 0 saturated carbocycles. The van der Waals surface area contributed by atoms with Crippen LogP contribution in [0, 0.1) is 0 Å². The molecule has 0 amide bonds. The second-order valence-corrected chi connectivity index (χ2v) is 4.23. The molecule has 16 heavy (non-hydrogen) atoms. The molecular formula is C11H17N3O2. The molecule has 88 valence electrons. The van der Waals surface area contributed by atoms with Crippen molar-refractivity contribution in [3.8, 4) is 0 Å². The molecule has 0 bridgehead atoms. The number of hydrogen-bond donors (Lipinski definition) is 2. The van der Waals surface area contributed by atoms with Crippen molar-refractivity contribution in [1.82, 2.24) is 15.3 Å². The van der Waals surface area contributed by atoms with Gasteiger partial charge in [0, 0.05) is 18.2 Å². The van der Waals surface area contributed by atoms with E-state index >= 15 is 0 Å². The monoisotopic (exact) mass is 223 g/mol. The first kappa shape index (κ1) is 11.1. The SMILES string of the molecule is CC[C@@]1(C(=O)OC)N[C@@H](C)Cc2[nH]cnc21. The lowest BCUT2D eigenvalue weighted by molar-refractivity contribution is -0.150. The van der Waals surface area contributed by atoms with Crippen LogP contribution in [0.2, 0.25) is 0 Å². The molecule has 0 saturated heterocycles. The van der Waals surface area contributed by atoms with E-state index < -0.39 is 5.54 Å². The van der Waals surface area contributed by atoms with Gasteiger partial charge in [-0.15, -0.1) is 0 Å². The number of methoxy groups -OCH3 is 1. The molecule has 0 aliphatic carbocycles. The van der Waals surface area contributed by atoms with E-state index in [1.807, 2.05) is 6.92 Å². The zero-order chi connectivity index (χ0) is 11.8. The summed E-state index contributed by atoms with van der Waals surface area (Å²) in [6, 6.07) is 0.229. The van der Waals surface area contributed by atoms with E-state index in [0.717, 1.165) is 17.8 Å². The van der Waals surface area contributed by atoms with Crippen LogP contribution in [0.4, 0.5) is 0 Å². The Morgan fingerprint density at radius 3 is 3.12 bits per heavy atom. The van der Waals surface area contributed by atoms with E-state index in [-0.39, 0.29) is 12.0 Å². The van der Waals surface area contributed by atoms with Crippen molar-refractivity contribution in [2.24, 2.45) is 0 Å². The molecule has 1 aliphatic heterocycles. The van der Waals surface area contributed by atoms with Crippen LogP contribution in [0.5, 0.6) is 0 Å². The number of fused-ring (bicyclic) bond motifs is 1. The highest BCUT2D eigenvalue weighted by atomic mass is 16.5. The molecule has 5 heteroatoms. The fraction of sp³-hybridized carbons (Fsp3) is 0.636. The van der Waals surface area contributed by atoms with Crippen LogP contribution in [-0.4, -0.2) is 29.1 Å². The number of aromatic amines is 1. The van der Waals surface area contributed by atoms with Crippen molar-refractivity contribution in [2.75, 3.05) is 7.11 Å². The van der Waals surface area contributed by atoms with Gasteiger partial charge >= 0.3 is 5.97 Å². The Kier molecular flexibility index (Phi) is 2.71. The Morgan fingerprint density at radius 1 is 1.75 bits per heavy atom. The predicted molar refractivity (Wildman–Crippen MR) is 58.9 cm³/mol. The van der Waals surface area contributed by atoms with Crippen LogP contribution in [0.15, 0.2) is 6.33 Å². The minimum absolute atomic E-state index is 0.229. The largest absolute Gasteiger partial charge is 0.467 e. The molecule has 2 atom stereocenters. The van der Waals surface area contributed by atoms with Gasteiger partial charge in [0.15, 0.2) is 5.54 Å². The highest BCUT2D eigenvalue weighted by molar-refractivity contribution is 5.82. The fourth-order valence-electron chi connectivity index (χ4n) is 2.43. The number of carbonyl (C=O) groups is 1. The zero-order valence-corrected chi connectivity index (χ0v) is 9.83. The van der Waals surface area contributed by atoms with Crippen molar-refractivity contribution in [1.29, 1.82) is 0 Å². The predicted octanol–water partition coefficient (Wildman–Crippen LogP) is 0.722. The first-order valence-electron chi connectivity index (χ1n) is 5.53. The van der Waals surface area contributed by atoms with Crippen molar-refractivity contribution in [2.45, 2.75) is 38.3 Å². The van der Waals surface area contributed by atoms with Crippen molar-refractivity contribution in [3.63, 3.8) is 0 Å². The maximum atomic E-state index is 12.0. The first-order valence-corrected chi connectivity index (χ1v) is 5.53. The molecule has 1 aliphatic rings. The molecule has 0 radical (unpaired) electrons. The number of imidazole rings is 1. The normalized spacial score (nSPS) is 28.6. The topological polar surface area (TPSA) is 67.0 Å². The van der Waals surface area contributed by atoms with Crippen LogP contribution in [0.25, 0.3) is 0 Å². The Bertz CT molecular complexity index is 402. The van der Waals surface area contributed by atoms with Gasteiger partial charge in [-0.25, -0.2) is 9.78 Å². The molecule has 0 fully saturated rings. The smallest absolute Gasteiger partial charge is 0.332 e. The van der Waals surface area contributed by atoms with Gasteiger partial charge < -0.3 is 9.72 Å². The third-order valence-electron chi connectivity index (χ3n) is 3.19. The molecule has 2 rings (SSSR count). The molecular weight excluding hydrogens is 206 g/mol. The Balaban J connectivity index is 2.51. The second-order valence-electron chi connectivity index (χ2n) is 4.23. The van der Waals surface area contributed by atoms with Gasteiger partial charge in [0.1, 0.15) is 0 Å². The molecule has 2 heterocycles. The summed E-state index contributed by atoms with van der Waals surface area (Å²) in [5.74, 6) is -0.269. The number of esters is 1. The van der Waals surface area contributed by atoms with E-state index in [2.05, 4.69) is 22.2 Å². The second kappa shape index (κ2) is 3.90. The number of H-pyrrole nitrogens is 1. The summed E-state index contributed by atoms with van der Waals surface area (Å²) in [6.45, 7) is 4.01. The molecule has 5 nitrogen and oxygen atoms in total. The zero-order valence-electron chi connectivity index (χ0n) is 9.83. The Morgan fingerprint density at radius 2 is 2.50 bits per heavy atom. The van der Waals surface area contributed by atoms with Crippen molar-refractivity contribution < 1.29 is 9.53 Å². The average Bonchev–Trinajstić information content (AvgIpc) is 2.74. The average molecular weight is 223 g/mol. The summed E-state index contributed by atoms with van der Waals surface area (Å²) in [5.41, 5.74) is 1.01. The molecule has 0 aromatic carbocycles. The summed E-state index contributed by atoms with van der Waals surface area (Å²) in [6.07, 6.45) is 3.12. The fourth-order valence-corrected chi connectivity index (χ4v) is 2.43. The third-order valence-corrected chi connectivity index (χ3v) is 3.19. The van der Waals surface area contributed by atoms with Crippen LogP contribution in [0.3, 0.4) is 0 Å². The first-order chi connectivity index (χ1) is 7.64. The minimum Gasteiger partial charge on any atom is -0.467 e. The number of carbonyl (C=O) groups excluding carboxylic acids is 1. The van der Waals surface area contributed by atoms with E-state index in [4.69, 9.17) is 4.74 Å². The van der Waals surface area contributed by atoms with Crippen molar-refractivity contribution in [3.05, 3.63) is 17.7 Å². The van der Waals surface area contributed by atoms with E-state index in [1.165, 1.54) is 7.11 Å². The van der Waals surface area contributed by atoms with Gasteiger partial charge in [-0.2, -0.15) is 0 Å². The summed E-state index contributed by atoms with van der Waals surface area (Å²) >= 11 is 0. The lowest BCUT2D eigenvalue weighted by Crippen LogP contribution is -2.56. The summed E-state index contributed by atoms with van der Waals surface area (Å²) < 4.78 is 4.90. The van der Waals surface area contributed by atoms with Gasteiger partial charge in [0.25, 0.3) is 0 Å². The lowest BCUT2D eigenvalue weighted by atomic mass is 9.84. The van der Waals surface area contributed by atoms with Gasteiger partial charge in [-0.05, 0) is 13.3 Å². The van der Waals surface area contributed by atoms with E-state index in [0.29, 0.717) is 6.42 Å². The van der Waals surface area contributed by atoms with Crippen LogP contribution < -0.4 is 5.32 Å². The van der Waals surface area contributed by atoms with E-state index in [1.54, 1.807) is 6.33 Å². The molecule has 2 N–H and O–H groups in total. The van der Waals surface area contributed by atoms with Crippen LogP contribution in [0.1, 0.15) is 31.7 Å². The highest BCUT2D eigenvalue weighted by Crippen LogP contribution is 2.32. The van der Waals surface area contributed by atoms with Gasteiger partial charge in [-0.1, -0.05) is 6.92 Å². The van der Waals surface area contributed by atoms with Crippen molar-refractivity contribution >= 4 is 5.97 Å². The standard InChI is InChI=1S/C11H17N3O2/c1-4-11(10(15)16-3)9-8(12-6-13-9)5-7(2)14-11/h6-7,14H,4-5H2,1-3H3,(H,12,13)/t7-,11+/m0/s1. The van der Waals surface area contributed by atoms with Gasteiger partial charge in [0.2, 0.25) is 0 Å². The number of aromatic nitrogens is 2. The van der Waals surface area contributed by atoms with Crippen LogP contribution in [-0.2, 0) is 21.5 Å². The molecule has 0 unspecified atom stereocenters.